The fourth-order valence-corrected chi connectivity index (χ4v) is 3.16. The standard InChI is InChI=1S/C15H28N2O2/c1-6-11(2)16-8-12-7-13(10-16)17(9-12)14(18)19-15(3,4)5/h11-13H,6-10H2,1-5H3/t11-,12?,13?/m1/s1. The van der Waals surface area contributed by atoms with Crippen LogP contribution in [0.4, 0.5) is 4.79 Å². The molecule has 4 nitrogen and oxygen atoms in total. The molecule has 2 aliphatic rings. The Morgan fingerprint density at radius 2 is 2.00 bits per heavy atom. The van der Waals surface area contributed by atoms with E-state index >= 15 is 0 Å². The van der Waals surface area contributed by atoms with Crippen molar-refractivity contribution in [2.24, 2.45) is 5.92 Å². The zero-order chi connectivity index (χ0) is 14.2. The number of carbonyl (C=O) groups excluding carboxylic acids is 1. The molecule has 110 valence electrons. The molecule has 2 heterocycles. The van der Waals surface area contributed by atoms with E-state index in [9.17, 15) is 4.79 Å². The fraction of sp³-hybridized carbons (Fsp3) is 0.933. The Morgan fingerprint density at radius 1 is 1.32 bits per heavy atom. The Balaban J connectivity index is 1.98. The van der Waals surface area contributed by atoms with Crippen LogP contribution in [0, 0.1) is 5.92 Å². The molecule has 0 aliphatic carbocycles. The van der Waals surface area contributed by atoms with E-state index in [4.69, 9.17) is 4.74 Å². The fourth-order valence-electron chi connectivity index (χ4n) is 3.16. The lowest BCUT2D eigenvalue weighted by Crippen LogP contribution is -2.47. The van der Waals surface area contributed by atoms with Crippen LogP contribution < -0.4 is 0 Å². The van der Waals surface area contributed by atoms with Crippen LogP contribution in [0.3, 0.4) is 0 Å². The number of likely N-dealkylation sites (tertiary alicyclic amines) is 2. The molecular weight excluding hydrogens is 240 g/mol. The molecular formula is C15H28N2O2. The highest BCUT2D eigenvalue weighted by Crippen LogP contribution is 2.32. The number of hydrogen-bond donors (Lipinski definition) is 0. The normalized spacial score (nSPS) is 29.4. The van der Waals surface area contributed by atoms with Crippen molar-refractivity contribution in [2.45, 2.75) is 65.1 Å². The van der Waals surface area contributed by atoms with Gasteiger partial charge in [-0.1, -0.05) is 6.92 Å². The monoisotopic (exact) mass is 268 g/mol. The van der Waals surface area contributed by atoms with Crippen molar-refractivity contribution in [3.05, 3.63) is 0 Å². The average molecular weight is 268 g/mol. The van der Waals surface area contributed by atoms with Crippen molar-refractivity contribution in [3.63, 3.8) is 0 Å². The van der Waals surface area contributed by atoms with Crippen LogP contribution in [-0.2, 0) is 4.74 Å². The number of amides is 1. The van der Waals surface area contributed by atoms with Crippen LogP contribution in [0.2, 0.25) is 0 Å². The van der Waals surface area contributed by atoms with E-state index in [0.717, 1.165) is 26.1 Å². The SMILES string of the molecule is CC[C@@H](C)N1CC2CC(C1)N(C(=O)OC(C)(C)C)C2. The van der Waals surface area contributed by atoms with Crippen molar-refractivity contribution in [1.29, 1.82) is 0 Å². The molecule has 0 spiro atoms. The van der Waals surface area contributed by atoms with Crippen LogP contribution in [0.25, 0.3) is 0 Å². The van der Waals surface area contributed by atoms with Crippen molar-refractivity contribution in [1.82, 2.24) is 9.80 Å². The topological polar surface area (TPSA) is 32.8 Å². The van der Waals surface area contributed by atoms with E-state index in [1.807, 2.05) is 25.7 Å². The third-order valence-corrected chi connectivity index (χ3v) is 4.28. The first-order valence-electron chi connectivity index (χ1n) is 7.54. The van der Waals surface area contributed by atoms with Crippen molar-refractivity contribution < 1.29 is 9.53 Å². The molecule has 0 aromatic rings. The zero-order valence-corrected chi connectivity index (χ0v) is 13.0. The molecule has 0 N–H and O–H groups in total. The highest BCUT2D eigenvalue weighted by atomic mass is 16.6. The van der Waals surface area contributed by atoms with Gasteiger partial charge in [0.1, 0.15) is 5.60 Å². The number of fused-ring (bicyclic) bond motifs is 2. The van der Waals surface area contributed by atoms with Gasteiger partial charge in [0.25, 0.3) is 0 Å². The minimum absolute atomic E-state index is 0.133. The summed E-state index contributed by atoms with van der Waals surface area (Å²) in [4.78, 5) is 16.7. The van der Waals surface area contributed by atoms with Gasteiger partial charge in [-0.2, -0.15) is 0 Å². The second-order valence-corrected chi connectivity index (χ2v) is 7.10. The largest absolute Gasteiger partial charge is 0.444 e. The van der Waals surface area contributed by atoms with Gasteiger partial charge in [-0.3, -0.25) is 4.90 Å². The Labute approximate surface area is 117 Å². The van der Waals surface area contributed by atoms with Gasteiger partial charge in [0.15, 0.2) is 0 Å². The Kier molecular flexibility index (Phi) is 4.09. The second kappa shape index (κ2) is 5.31. The van der Waals surface area contributed by atoms with E-state index in [0.29, 0.717) is 18.0 Å². The molecule has 0 radical (unpaired) electrons. The van der Waals surface area contributed by atoms with Crippen LogP contribution in [0.5, 0.6) is 0 Å². The Morgan fingerprint density at radius 3 is 2.58 bits per heavy atom. The maximum Gasteiger partial charge on any atom is 0.410 e. The van der Waals surface area contributed by atoms with Gasteiger partial charge in [-0.05, 0) is 46.5 Å². The number of ether oxygens (including phenoxy) is 1. The quantitative estimate of drug-likeness (QED) is 0.772. The first-order valence-corrected chi connectivity index (χ1v) is 7.54. The maximum absolute atomic E-state index is 12.2. The van der Waals surface area contributed by atoms with E-state index in [1.165, 1.54) is 6.42 Å². The summed E-state index contributed by atoms with van der Waals surface area (Å²) in [5.74, 6) is 0.625. The van der Waals surface area contributed by atoms with E-state index < -0.39 is 5.60 Å². The smallest absolute Gasteiger partial charge is 0.410 e. The van der Waals surface area contributed by atoms with Crippen molar-refractivity contribution in [2.75, 3.05) is 19.6 Å². The van der Waals surface area contributed by atoms with Crippen LogP contribution in [-0.4, -0.2) is 53.2 Å². The highest BCUT2D eigenvalue weighted by molar-refractivity contribution is 5.69. The summed E-state index contributed by atoms with van der Waals surface area (Å²) in [5.41, 5.74) is -0.399. The molecule has 0 saturated carbocycles. The van der Waals surface area contributed by atoms with Crippen LogP contribution in [0.1, 0.15) is 47.5 Å². The van der Waals surface area contributed by atoms with Gasteiger partial charge in [-0.25, -0.2) is 4.79 Å². The summed E-state index contributed by atoms with van der Waals surface area (Å²) in [6.45, 7) is 13.3. The number of piperidine rings is 1. The molecule has 2 unspecified atom stereocenters. The molecule has 2 fully saturated rings. The predicted octanol–water partition coefficient (Wildman–Crippen LogP) is 2.73. The first kappa shape index (κ1) is 14.6. The average Bonchev–Trinajstić information content (AvgIpc) is 2.61. The third kappa shape index (κ3) is 3.41. The number of rotatable bonds is 2. The van der Waals surface area contributed by atoms with Gasteiger partial charge in [0, 0.05) is 31.7 Å². The van der Waals surface area contributed by atoms with E-state index in [1.54, 1.807) is 0 Å². The third-order valence-electron chi connectivity index (χ3n) is 4.28. The maximum atomic E-state index is 12.2. The van der Waals surface area contributed by atoms with Crippen molar-refractivity contribution >= 4 is 6.09 Å². The molecule has 1 amide bonds. The number of nitrogens with zero attached hydrogens (tertiary/aromatic N) is 2. The summed E-state index contributed by atoms with van der Waals surface area (Å²) in [6.07, 6.45) is 2.18. The minimum atomic E-state index is -0.399. The molecule has 4 heteroatoms. The van der Waals surface area contributed by atoms with Crippen LogP contribution >= 0.6 is 0 Å². The second-order valence-electron chi connectivity index (χ2n) is 7.10. The number of hydrogen-bond acceptors (Lipinski definition) is 3. The Hall–Kier alpha value is -0.770. The Bertz CT molecular complexity index is 338. The van der Waals surface area contributed by atoms with E-state index in [2.05, 4.69) is 18.7 Å². The molecule has 0 aromatic carbocycles. The van der Waals surface area contributed by atoms with Crippen molar-refractivity contribution in [3.8, 4) is 0 Å². The van der Waals surface area contributed by atoms with Crippen LogP contribution in [0.15, 0.2) is 0 Å². The summed E-state index contributed by atoms with van der Waals surface area (Å²) < 4.78 is 5.52. The molecule has 3 atom stereocenters. The van der Waals surface area contributed by atoms with Gasteiger partial charge in [-0.15, -0.1) is 0 Å². The summed E-state index contributed by atoms with van der Waals surface area (Å²) in [5, 5.41) is 0. The lowest BCUT2D eigenvalue weighted by Gasteiger charge is -2.36. The van der Waals surface area contributed by atoms with Gasteiger partial charge < -0.3 is 9.64 Å². The summed E-state index contributed by atoms with van der Waals surface area (Å²) >= 11 is 0. The summed E-state index contributed by atoms with van der Waals surface area (Å²) in [6, 6.07) is 0.964. The van der Waals surface area contributed by atoms with Gasteiger partial charge in [0.05, 0.1) is 0 Å². The van der Waals surface area contributed by atoms with Gasteiger partial charge >= 0.3 is 6.09 Å². The first-order chi connectivity index (χ1) is 8.80. The highest BCUT2D eigenvalue weighted by Gasteiger charge is 2.42. The molecule has 0 aromatic heterocycles. The molecule has 19 heavy (non-hydrogen) atoms. The van der Waals surface area contributed by atoms with Gasteiger partial charge in [0.2, 0.25) is 0 Å². The molecule has 2 aliphatic heterocycles. The molecule has 2 rings (SSSR count). The summed E-state index contributed by atoms with van der Waals surface area (Å²) in [7, 11) is 0. The molecule has 2 bridgehead atoms. The molecule has 2 saturated heterocycles. The lowest BCUT2D eigenvalue weighted by atomic mass is 9.98. The zero-order valence-electron chi connectivity index (χ0n) is 13.0. The minimum Gasteiger partial charge on any atom is -0.444 e. The van der Waals surface area contributed by atoms with E-state index in [-0.39, 0.29) is 6.09 Å². The lowest BCUT2D eigenvalue weighted by molar-refractivity contribution is 0.0201. The predicted molar refractivity (Wildman–Crippen MR) is 76.2 cm³/mol. The number of carbonyl (C=O) groups is 1.